The molecule has 1 aliphatic rings. The molecule has 3 nitrogen and oxygen atoms in total. The second-order valence-electron chi connectivity index (χ2n) is 4.07. The van der Waals surface area contributed by atoms with Crippen LogP contribution in [0.5, 0.6) is 0 Å². The van der Waals surface area contributed by atoms with E-state index in [9.17, 15) is 9.50 Å². The zero-order chi connectivity index (χ0) is 11.7. The summed E-state index contributed by atoms with van der Waals surface area (Å²) < 4.78 is 13.4. The molecule has 0 amide bonds. The fourth-order valence-electron chi connectivity index (χ4n) is 2.06. The quantitative estimate of drug-likeness (QED) is 0.783. The maximum absolute atomic E-state index is 13.4. The molecule has 1 heterocycles. The number of halogens is 1. The number of aliphatic hydroxyl groups is 1. The molecular weight excluding hydrogens is 207 g/mol. The van der Waals surface area contributed by atoms with Crippen molar-refractivity contribution >= 4 is 5.69 Å². The van der Waals surface area contributed by atoms with Crippen molar-refractivity contribution in [1.29, 1.82) is 5.26 Å². The minimum absolute atomic E-state index is 0.00710. The van der Waals surface area contributed by atoms with E-state index in [1.54, 1.807) is 12.1 Å². The summed E-state index contributed by atoms with van der Waals surface area (Å²) in [6, 6.07) is 6.33. The van der Waals surface area contributed by atoms with E-state index >= 15 is 0 Å². The van der Waals surface area contributed by atoms with Gasteiger partial charge in [-0.15, -0.1) is 0 Å². The van der Waals surface area contributed by atoms with Crippen LogP contribution in [0.15, 0.2) is 18.2 Å². The molecule has 1 aliphatic heterocycles. The molecule has 0 spiro atoms. The number of anilines is 1. The molecule has 1 N–H and O–H groups in total. The van der Waals surface area contributed by atoms with Crippen LogP contribution in [0.4, 0.5) is 10.1 Å². The average Bonchev–Trinajstić information content (AvgIpc) is 2.60. The van der Waals surface area contributed by atoms with Gasteiger partial charge in [0.1, 0.15) is 11.9 Å². The Kier molecular flexibility index (Phi) is 2.80. The largest absolute Gasteiger partial charge is 0.391 e. The van der Waals surface area contributed by atoms with Gasteiger partial charge in [0.2, 0.25) is 0 Å². The Morgan fingerprint density at radius 1 is 1.56 bits per heavy atom. The summed E-state index contributed by atoms with van der Waals surface area (Å²) in [5, 5.41) is 18.2. The molecule has 1 saturated heterocycles. The second-order valence-corrected chi connectivity index (χ2v) is 4.07. The topological polar surface area (TPSA) is 47.3 Å². The lowest BCUT2D eigenvalue weighted by Gasteiger charge is -2.25. The van der Waals surface area contributed by atoms with E-state index in [4.69, 9.17) is 5.26 Å². The normalized spacial score (nSPS) is 24.5. The maximum atomic E-state index is 13.4. The van der Waals surface area contributed by atoms with Crippen LogP contribution in [-0.4, -0.2) is 23.8 Å². The Morgan fingerprint density at radius 2 is 2.31 bits per heavy atom. The summed E-state index contributed by atoms with van der Waals surface area (Å²) in [7, 11) is 0. The summed E-state index contributed by atoms with van der Waals surface area (Å²) in [4.78, 5) is 1.95. The molecule has 0 bridgehead atoms. The van der Waals surface area contributed by atoms with E-state index in [2.05, 4.69) is 0 Å². The van der Waals surface area contributed by atoms with Gasteiger partial charge in [-0.2, -0.15) is 5.26 Å². The number of hydrogen-bond acceptors (Lipinski definition) is 3. The zero-order valence-electron chi connectivity index (χ0n) is 9.02. The number of hydrogen-bond donors (Lipinski definition) is 1. The Bertz CT molecular complexity index is 441. The van der Waals surface area contributed by atoms with Gasteiger partial charge in [0, 0.05) is 12.2 Å². The third kappa shape index (κ3) is 1.74. The van der Waals surface area contributed by atoms with E-state index in [1.807, 2.05) is 11.8 Å². The van der Waals surface area contributed by atoms with Crippen LogP contribution >= 0.6 is 0 Å². The van der Waals surface area contributed by atoms with Gasteiger partial charge < -0.3 is 10.0 Å². The molecule has 0 saturated carbocycles. The van der Waals surface area contributed by atoms with Crippen molar-refractivity contribution in [2.75, 3.05) is 11.4 Å². The smallest absolute Gasteiger partial charge is 0.143 e. The molecular formula is C12H13FN2O. The maximum Gasteiger partial charge on any atom is 0.143 e. The molecule has 1 aromatic rings. The highest BCUT2D eigenvalue weighted by atomic mass is 19.1. The van der Waals surface area contributed by atoms with Crippen molar-refractivity contribution < 1.29 is 9.50 Å². The third-order valence-corrected chi connectivity index (χ3v) is 3.12. The Balaban J connectivity index is 2.29. The first-order valence-corrected chi connectivity index (χ1v) is 5.28. The van der Waals surface area contributed by atoms with E-state index in [1.165, 1.54) is 12.1 Å². The van der Waals surface area contributed by atoms with Crippen LogP contribution in [0.3, 0.4) is 0 Å². The predicted molar refractivity (Wildman–Crippen MR) is 58.5 cm³/mol. The SMILES string of the molecule is C[C@H]1[C@@H](O)CCN1c1ccc(C#N)c(F)c1. The number of nitriles is 1. The molecule has 1 aromatic carbocycles. The van der Waals surface area contributed by atoms with Gasteiger partial charge in [0.05, 0.1) is 17.7 Å². The van der Waals surface area contributed by atoms with Gasteiger partial charge in [-0.05, 0) is 31.5 Å². The molecule has 16 heavy (non-hydrogen) atoms. The van der Waals surface area contributed by atoms with E-state index in [-0.39, 0.29) is 17.7 Å². The predicted octanol–water partition coefficient (Wildman–Crippen LogP) is 1.66. The fraction of sp³-hybridized carbons (Fsp3) is 0.417. The summed E-state index contributed by atoms with van der Waals surface area (Å²) in [5.74, 6) is -0.506. The van der Waals surface area contributed by atoms with Gasteiger partial charge in [0.25, 0.3) is 0 Å². The number of aliphatic hydroxyl groups excluding tert-OH is 1. The molecule has 2 atom stereocenters. The Labute approximate surface area is 93.7 Å². The lowest BCUT2D eigenvalue weighted by molar-refractivity contribution is 0.170. The van der Waals surface area contributed by atoms with Crippen LogP contribution < -0.4 is 4.90 Å². The van der Waals surface area contributed by atoms with Gasteiger partial charge in [0.15, 0.2) is 0 Å². The second kappa shape index (κ2) is 4.11. The van der Waals surface area contributed by atoms with Crippen LogP contribution in [0.2, 0.25) is 0 Å². The Morgan fingerprint density at radius 3 is 2.81 bits per heavy atom. The molecule has 0 aliphatic carbocycles. The minimum Gasteiger partial charge on any atom is -0.391 e. The van der Waals surface area contributed by atoms with E-state index in [0.717, 1.165) is 5.69 Å². The lowest BCUT2D eigenvalue weighted by atomic mass is 10.1. The first-order valence-electron chi connectivity index (χ1n) is 5.28. The van der Waals surface area contributed by atoms with Gasteiger partial charge in [-0.3, -0.25) is 0 Å². The van der Waals surface area contributed by atoms with Crippen molar-refractivity contribution in [2.45, 2.75) is 25.5 Å². The van der Waals surface area contributed by atoms with E-state index < -0.39 is 5.82 Å². The highest BCUT2D eigenvalue weighted by Gasteiger charge is 2.29. The summed E-state index contributed by atoms with van der Waals surface area (Å²) in [6.07, 6.45) is 0.335. The first kappa shape index (κ1) is 10.9. The molecule has 1 fully saturated rings. The van der Waals surface area contributed by atoms with Crippen molar-refractivity contribution in [3.63, 3.8) is 0 Å². The minimum atomic E-state index is -0.506. The first-order chi connectivity index (χ1) is 7.63. The number of benzene rings is 1. The van der Waals surface area contributed by atoms with Gasteiger partial charge in [-0.25, -0.2) is 4.39 Å². The summed E-state index contributed by atoms with van der Waals surface area (Å²) in [6.45, 7) is 2.63. The lowest BCUT2D eigenvalue weighted by Crippen LogP contribution is -2.32. The summed E-state index contributed by atoms with van der Waals surface area (Å²) in [5.41, 5.74) is 0.775. The van der Waals surface area contributed by atoms with Crippen LogP contribution in [-0.2, 0) is 0 Å². The van der Waals surface area contributed by atoms with Gasteiger partial charge in [-0.1, -0.05) is 0 Å². The van der Waals surface area contributed by atoms with Gasteiger partial charge >= 0.3 is 0 Å². The van der Waals surface area contributed by atoms with Crippen LogP contribution in [0, 0.1) is 17.1 Å². The average molecular weight is 220 g/mol. The standard InChI is InChI=1S/C12H13FN2O/c1-8-12(16)4-5-15(8)10-3-2-9(7-14)11(13)6-10/h2-3,6,8,12,16H,4-5H2,1H3/t8-,12-/m0/s1. The molecule has 0 unspecified atom stereocenters. The highest BCUT2D eigenvalue weighted by molar-refractivity contribution is 5.52. The van der Waals surface area contributed by atoms with E-state index in [0.29, 0.717) is 13.0 Å². The van der Waals surface area contributed by atoms with Crippen molar-refractivity contribution in [1.82, 2.24) is 0 Å². The van der Waals surface area contributed by atoms with Crippen LogP contribution in [0.25, 0.3) is 0 Å². The molecule has 4 heteroatoms. The fourth-order valence-corrected chi connectivity index (χ4v) is 2.06. The number of rotatable bonds is 1. The molecule has 0 aromatic heterocycles. The zero-order valence-corrected chi connectivity index (χ0v) is 9.02. The summed E-state index contributed by atoms with van der Waals surface area (Å²) >= 11 is 0. The third-order valence-electron chi connectivity index (χ3n) is 3.12. The Hall–Kier alpha value is -1.60. The molecule has 84 valence electrons. The highest BCUT2D eigenvalue weighted by Crippen LogP contribution is 2.26. The number of nitrogens with zero attached hydrogens (tertiary/aromatic N) is 2. The monoisotopic (exact) mass is 220 g/mol. The van der Waals surface area contributed by atoms with Crippen molar-refractivity contribution in [3.8, 4) is 6.07 Å². The van der Waals surface area contributed by atoms with Crippen molar-refractivity contribution in [3.05, 3.63) is 29.6 Å². The van der Waals surface area contributed by atoms with Crippen molar-refractivity contribution in [2.24, 2.45) is 0 Å². The molecule has 2 rings (SSSR count). The molecule has 0 radical (unpaired) electrons. The van der Waals surface area contributed by atoms with Crippen LogP contribution in [0.1, 0.15) is 18.9 Å².